The highest BCUT2D eigenvalue weighted by Gasteiger charge is 2.07. The second-order valence-corrected chi connectivity index (χ2v) is 3.94. The maximum absolute atomic E-state index is 11.4. The number of carboxylic acids is 1. The molecule has 2 aromatic carbocycles. The first kappa shape index (κ1) is 12.8. The molecule has 0 radical (unpaired) electrons. The zero-order valence-corrected chi connectivity index (χ0v) is 10.3. The highest BCUT2D eigenvalue weighted by atomic mass is 16.5. The van der Waals surface area contributed by atoms with Crippen molar-refractivity contribution in [3.05, 3.63) is 59.7 Å². The van der Waals surface area contributed by atoms with Crippen molar-refractivity contribution in [3.8, 4) is 11.1 Å². The maximum atomic E-state index is 11.4. The van der Waals surface area contributed by atoms with Crippen molar-refractivity contribution in [2.24, 2.45) is 0 Å². The molecule has 0 spiro atoms. The van der Waals surface area contributed by atoms with Gasteiger partial charge >= 0.3 is 5.97 Å². The monoisotopic (exact) mass is 255 g/mol. The van der Waals surface area contributed by atoms with Crippen molar-refractivity contribution < 1.29 is 19.4 Å². The van der Waals surface area contributed by atoms with Crippen LogP contribution >= 0.6 is 0 Å². The van der Waals surface area contributed by atoms with E-state index >= 15 is 0 Å². The molecule has 96 valence electrons. The summed E-state index contributed by atoms with van der Waals surface area (Å²) in [5.41, 5.74) is 1.96. The van der Waals surface area contributed by atoms with Crippen LogP contribution in [0.1, 0.15) is 20.7 Å². The third-order valence-electron chi connectivity index (χ3n) is 2.72. The molecule has 19 heavy (non-hydrogen) atoms. The zero-order chi connectivity index (χ0) is 13.8. The van der Waals surface area contributed by atoms with Gasteiger partial charge < -0.3 is 14.6 Å². The molecule has 0 N–H and O–H groups in total. The number of hydrogen-bond acceptors (Lipinski definition) is 4. The molecule has 0 saturated heterocycles. The molecule has 0 saturated carbocycles. The van der Waals surface area contributed by atoms with E-state index in [0.717, 1.165) is 5.56 Å². The summed E-state index contributed by atoms with van der Waals surface area (Å²) < 4.78 is 4.65. The van der Waals surface area contributed by atoms with Crippen LogP contribution in [0.5, 0.6) is 0 Å². The van der Waals surface area contributed by atoms with Crippen LogP contribution < -0.4 is 5.11 Å². The minimum atomic E-state index is -1.23. The van der Waals surface area contributed by atoms with Gasteiger partial charge in [0.15, 0.2) is 0 Å². The molecule has 0 fully saturated rings. The number of carbonyl (C=O) groups excluding carboxylic acids is 2. The molecule has 0 aromatic heterocycles. The summed E-state index contributed by atoms with van der Waals surface area (Å²) in [6.45, 7) is 0. The number of methoxy groups -OCH3 is 1. The molecule has 0 heterocycles. The summed E-state index contributed by atoms with van der Waals surface area (Å²) in [6, 6.07) is 13.2. The third kappa shape index (κ3) is 2.80. The van der Waals surface area contributed by atoms with E-state index in [9.17, 15) is 14.7 Å². The number of rotatable bonds is 3. The van der Waals surface area contributed by atoms with Crippen molar-refractivity contribution in [3.63, 3.8) is 0 Å². The molecule has 0 bridgehead atoms. The van der Waals surface area contributed by atoms with Crippen LogP contribution in [-0.4, -0.2) is 19.0 Å². The van der Waals surface area contributed by atoms with Crippen LogP contribution in [0.2, 0.25) is 0 Å². The first-order valence-electron chi connectivity index (χ1n) is 5.62. The second-order valence-electron chi connectivity index (χ2n) is 3.94. The molecular weight excluding hydrogens is 244 g/mol. The second kappa shape index (κ2) is 5.35. The average molecular weight is 255 g/mol. The Morgan fingerprint density at radius 2 is 1.47 bits per heavy atom. The molecule has 4 heteroatoms. The van der Waals surface area contributed by atoms with Crippen molar-refractivity contribution >= 4 is 11.9 Å². The van der Waals surface area contributed by atoms with E-state index in [1.807, 2.05) is 0 Å². The van der Waals surface area contributed by atoms with Gasteiger partial charge in [-0.1, -0.05) is 30.3 Å². The van der Waals surface area contributed by atoms with Gasteiger partial charge in [0, 0.05) is 0 Å². The van der Waals surface area contributed by atoms with E-state index in [2.05, 4.69) is 4.74 Å². The van der Waals surface area contributed by atoms with Gasteiger partial charge in [-0.2, -0.15) is 0 Å². The number of benzene rings is 2. The summed E-state index contributed by atoms with van der Waals surface area (Å²) in [5, 5.41) is 10.8. The van der Waals surface area contributed by atoms with Crippen LogP contribution in [0.15, 0.2) is 48.5 Å². The maximum Gasteiger partial charge on any atom is 0.337 e. The lowest BCUT2D eigenvalue weighted by molar-refractivity contribution is -0.255. The Morgan fingerprint density at radius 3 is 2.00 bits per heavy atom. The van der Waals surface area contributed by atoms with Crippen LogP contribution in [0, 0.1) is 0 Å². The Morgan fingerprint density at radius 1 is 0.947 bits per heavy atom. The van der Waals surface area contributed by atoms with Crippen LogP contribution in [-0.2, 0) is 4.74 Å². The first-order valence-corrected chi connectivity index (χ1v) is 5.62. The van der Waals surface area contributed by atoms with Crippen LogP contribution in [0.3, 0.4) is 0 Å². The number of esters is 1. The highest BCUT2D eigenvalue weighted by molar-refractivity contribution is 5.92. The van der Waals surface area contributed by atoms with Crippen LogP contribution in [0.25, 0.3) is 11.1 Å². The topological polar surface area (TPSA) is 66.4 Å². The van der Waals surface area contributed by atoms with Gasteiger partial charge in [0.2, 0.25) is 0 Å². The first-order chi connectivity index (χ1) is 9.11. The molecule has 0 atom stereocenters. The lowest BCUT2D eigenvalue weighted by atomic mass is 10.0. The van der Waals surface area contributed by atoms with Gasteiger partial charge in [-0.3, -0.25) is 0 Å². The minimum absolute atomic E-state index is 0.0981. The number of aromatic carboxylic acids is 1. The summed E-state index contributed by atoms with van der Waals surface area (Å²) in [7, 11) is 1.31. The molecule has 0 amide bonds. The SMILES string of the molecule is COC(=O)c1cccc(-c2cccc(C(=O)[O-])c2)c1. The Balaban J connectivity index is 2.44. The molecule has 2 aromatic rings. The predicted molar refractivity (Wildman–Crippen MR) is 67.5 cm³/mol. The number of carbonyl (C=O) groups is 2. The highest BCUT2D eigenvalue weighted by Crippen LogP contribution is 2.21. The van der Waals surface area contributed by atoms with Gasteiger partial charge in [-0.05, 0) is 34.9 Å². The van der Waals surface area contributed by atoms with Gasteiger partial charge in [0.1, 0.15) is 0 Å². The normalized spacial score (nSPS) is 9.95. The average Bonchev–Trinajstić information content (AvgIpc) is 2.46. The van der Waals surface area contributed by atoms with Crippen molar-refractivity contribution in [1.82, 2.24) is 0 Å². The van der Waals surface area contributed by atoms with Gasteiger partial charge in [0.25, 0.3) is 0 Å². The largest absolute Gasteiger partial charge is 0.545 e. The van der Waals surface area contributed by atoms with Crippen LogP contribution in [0.4, 0.5) is 0 Å². The summed E-state index contributed by atoms with van der Waals surface area (Å²) in [6.07, 6.45) is 0. The van der Waals surface area contributed by atoms with E-state index in [0.29, 0.717) is 11.1 Å². The van der Waals surface area contributed by atoms with Gasteiger partial charge in [-0.15, -0.1) is 0 Å². The van der Waals surface area contributed by atoms with Crippen molar-refractivity contribution in [2.75, 3.05) is 7.11 Å². The Bertz CT molecular complexity index is 632. The van der Waals surface area contributed by atoms with Gasteiger partial charge in [-0.25, -0.2) is 4.79 Å². The summed E-state index contributed by atoms with van der Waals surface area (Å²) in [4.78, 5) is 22.3. The lowest BCUT2D eigenvalue weighted by Crippen LogP contribution is -2.22. The zero-order valence-electron chi connectivity index (χ0n) is 10.3. The Hall–Kier alpha value is -2.62. The van der Waals surface area contributed by atoms with Crippen molar-refractivity contribution in [1.29, 1.82) is 0 Å². The Labute approximate surface area is 110 Å². The molecule has 4 nitrogen and oxygen atoms in total. The minimum Gasteiger partial charge on any atom is -0.545 e. The summed E-state index contributed by atoms with van der Waals surface area (Å²) >= 11 is 0. The van der Waals surface area contributed by atoms with E-state index in [1.54, 1.807) is 36.4 Å². The van der Waals surface area contributed by atoms with Gasteiger partial charge in [0.05, 0.1) is 18.6 Å². The number of hydrogen-bond donors (Lipinski definition) is 0. The van der Waals surface area contributed by atoms with E-state index < -0.39 is 11.9 Å². The van der Waals surface area contributed by atoms with E-state index in [-0.39, 0.29) is 5.56 Å². The molecule has 0 aliphatic rings. The molecule has 0 aliphatic carbocycles. The van der Waals surface area contributed by atoms with E-state index in [4.69, 9.17) is 0 Å². The fourth-order valence-electron chi connectivity index (χ4n) is 1.77. The predicted octanol–water partition coefficient (Wildman–Crippen LogP) is 1.50. The van der Waals surface area contributed by atoms with Crippen molar-refractivity contribution in [2.45, 2.75) is 0 Å². The fraction of sp³-hybridized carbons (Fsp3) is 0.0667. The number of carboxylic acid groups (broad SMARTS) is 1. The van der Waals surface area contributed by atoms with E-state index in [1.165, 1.54) is 19.2 Å². The summed E-state index contributed by atoms with van der Waals surface area (Å²) in [5.74, 6) is -1.66. The molecular formula is C15H11O4-. The molecule has 2 rings (SSSR count). The fourth-order valence-corrected chi connectivity index (χ4v) is 1.77. The molecule has 0 unspecified atom stereocenters. The lowest BCUT2D eigenvalue weighted by Gasteiger charge is -2.07. The third-order valence-corrected chi connectivity index (χ3v) is 2.72. The Kier molecular flexibility index (Phi) is 3.61. The smallest absolute Gasteiger partial charge is 0.337 e. The quantitative estimate of drug-likeness (QED) is 0.779. The number of ether oxygens (including phenoxy) is 1. The molecule has 0 aliphatic heterocycles. The standard InChI is InChI=1S/C15H12O4/c1-19-15(18)13-7-3-5-11(9-13)10-4-2-6-12(8-10)14(16)17/h2-9H,1H3,(H,16,17)/p-1.